The maximum absolute atomic E-state index is 13.2. The fourth-order valence-electron chi connectivity index (χ4n) is 4.19. The fraction of sp³-hybridized carbons (Fsp3) is 0.391. The first-order valence-electron chi connectivity index (χ1n) is 10.2. The number of methoxy groups -OCH3 is 1. The summed E-state index contributed by atoms with van der Waals surface area (Å²) in [6.45, 7) is 2.49. The van der Waals surface area contributed by atoms with Crippen LogP contribution in [0.3, 0.4) is 0 Å². The average Bonchev–Trinajstić information content (AvgIpc) is 2.78. The molecule has 1 fully saturated rings. The Morgan fingerprint density at radius 1 is 1.03 bits per heavy atom. The second-order valence-electron chi connectivity index (χ2n) is 7.73. The Labute approximate surface area is 171 Å². The predicted molar refractivity (Wildman–Crippen MR) is 112 cm³/mol. The van der Waals surface area contributed by atoms with Gasteiger partial charge < -0.3 is 19.9 Å². The Balaban J connectivity index is 1.39. The van der Waals surface area contributed by atoms with Gasteiger partial charge in [0.05, 0.1) is 13.0 Å². The molecule has 1 saturated heterocycles. The highest BCUT2D eigenvalue weighted by Gasteiger charge is 2.32. The highest BCUT2D eigenvalue weighted by atomic mass is 16.5. The van der Waals surface area contributed by atoms with Crippen LogP contribution < -0.4 is 10.1 Å². The van der Waals surface area contributed by atoms with E-state index in [4.69, 9.17) is 4.74 Å². The Morgan fingerprint density at radius 2 is 1.86 bits per heavy atom. The topological polar surface area (TPSA) is 61.9 Å². The molecule has 6 heteroatoms. The van der Waals surface area contributed by atoms with E-state index in [1.54, 1.807) is 12.0 Å². The largest absolute Gasteiger partial charge is 0.497 e. The van der Waals surface area contributed by atoms with Crippen LogP contribution >= 0.6 is 0 Å². The number of likely N-dealkylation sites (tertiary alicyclic amines) is 1. The minimum atomic E-state index is -0.141. The van der Waals surface area contributed by atoms with Crippen molar-refractivity contribution in [1.82, 2.24) is 9.80 Å². The zero-order chi connectivity index (χ0) is 20.2. The summed E-state index contributed by atoms with van der Waals surface area (Å²) in [7, 11) is 1.66. The molecule has 1 N–H and O–H groups in total. The summed E-state index contributed by atoms with van der Waals surface area (Å²) < 4.78 is 5.33. The number of hydrogen-bond donors (Lipinski definition) is 1. The number of ether oxygens (including phenoxy) is 1. The maximum Gasteiger partial charge on any atom is 0.321 e. The van der Waals surface area contributed by atoms with Crippen molar-refractivity contribution in [2.75, 3.05) is 32.1 Å². The first-order chi connectivity index (χ1) is 14.1. The normalized spacial score (nSPS) is 18.7. The van der Waals surface area contributed by atoms with E-state index in [1.807, 2.05) is 47.4 Å². The van der Waals surface area contributed by atoms with Crippen molar-refractivity contribution in [2.24, 2.45) is 5.92 Å². The number of fused-ring (bicyclic) bond motifs is 1. The van der Waals surface area contributed by atoms with Crippen LogP contribution in [0.2, 0.25) is 0 Å². The highest BCUT2D eigenvalue weighted by Crippen LogP contribution is 2.27. The molecule has 29 heavy (non-hydrogen) atoms. The molecule has 3 amide bonds. The number of urea groups is 1. The summed E-state index contributed by atoms with van der Waals surface area (Å²) in [4.78, 5) is 29.5. The molecular weight excluding hydrogens is 366 g/mol. The molecule has 0 aromatic heterocycles. The molecule has 152 valence electrons. The Hall–Kier alpha value is -3.02. The van der Waals surface area contributed by atoms with Gasteiger partial charge in [0.15, 0.2) is 0 Å². The summed E-state index contributed by atoms with van der Waals surface area (Å²) in [5.74, 6) is 0.826. The van der Waals surface area contributed by atoms with E-state index in [0.29, 0.717) is 19.6 Å². The van der Waals surface area contributed by atoms with E-state index in [9.17, 15) is 9.59 Å². The number of amides is 3. The van der Waals surface area contributed by atoms with Gasteiger partial charge in [0, 0.05) is 31.9 Å². The summed E-state index contributed by atoms with van der Waals surface area (Å²) >= 11 is 0. The third-order valence-electron chi connectivity index (χ3n) is 5.82. The maximum atomic E-state index is 13.2. The van der Waals surface area contributed by atoms with Gasteiger partial charge in [-0.25, -0.2) is 4.79 Å². The van der Waals surface area contributed by atoms with Crippen molar-refractivity contribution >= 4 is 17.6 Å². The van der Waals surface area contributed by atoms with Gasteiger partial charge in [-0.1, -0.05) is 24.3 Å². The van der Waals surface area contributed by atoms with Crippen LogP contribution in [-0.2, 0) is 17.8 Å². The standard InChI is InChI=1S/C23H27N3O3/c1-29-21-10-9-17-11-13-25(16-19(17)14-21)22(27)18-6-5-12-26(15-18)23(28)24-20-7-3-2-4-8-20/h2-4,7-10,14,18H,5-6,11-13,15-16H2,1H3,(H,24,28). The number of anilines is 1. The number of nitrogens with one attached hydrogen (secondary N) is 1. The van der Waals surface area contributed by atoms with Gasteiger partial charge in [0.1, 0.15) is 5.75 Å². The second-order valence-corrected chi connectivity index (χ2v) is 7.73. The van der Waals surface area contributed by atoms with Crippen LogP contribution in [0.4, 0.5) is 10.5 Å². The van der Waals surface area contributed by atoms with Crippen molar-refractivity contribution < 1.29 is 14.3 Å². The molecule has 0 spiro atoms. The molecule has 2 aliphatic rings. The quantitative estimate of drug-likeness (QED) is 0.868. The molecule has 0 aliphatic carbocycles. The van der Waals surface area contributed by atoms with Crippen LogP contribution in [-0.4, -0.2) is 48.5 Å². The molecule has 2 aromatic carbocycles. The number of piperidine rings is 1. The monoisotopic (exact) mass is 393 g/mol. The molecule has 2 aromatic rings. The third kappa shape index (κ3) is 4.36. The number of nitrogens with zero attached hydrogens (tertiary/aromatic N) is 2. The lowest BCUT2D eigenvalue weighted by Crippen LogP contribution is -2.48. The van der Waals surface area contributed by atoms with Crippen LogP contribution in [0.25, 0.3) is 0 Å². The van der Waals surface area contributed by atoms with Gasteiger partial charge in [-0.2, -0.15) is 0 Å². The van der Waals surface area contributed by atoms with E-state index >= 15 is 0 Å². The van der Waals surface area contributed by atoms with Gasteiger partial charge in [0.25, 0.3) is 0 Å². The highest BCUT2D eigenvalue weighted by molar-refractivity contribution is 5.90. The number of para-hydroxylation sites is 1. The van der Waals surface area contributed by atoms with Crippen molar-refractivity contribution in [1.29, 1.82) is 0 Å². The van der Waals surface area contributed by atoms with E-state index in [0.717, 1.165) is 42.8 Å². The zero-order valence-corrected chi connectivity index (χ0v) is 16.8. The van der Waals surface area contributed by atoms with Gasteiger partial charge in [-0.3, -0.25) is 4.79 Å². The molecule has 6 nitrogen and oxygen atoms in total. The van der Waals surface area contributed by atoms with Gasteiger partial charge >= 0.3 is 6.03 Å². The lowest BCUT2D eigenvalue weighted by atomic mass is 9.94. The lowest BCUT2D eigenvalue weighted by molar-refractivity contribution is -0.137. The minimum Gasteiger partial charge on any atom is -0.497 e. The van der Waals surface area contributed by atoms with Gasteiger partial charge in [-0.05, 0) is 54.7 Å². The van der Waals surface area contributed by atoms with Crippen LogP contribution in [0, 0.1) is 5.92 Å². The number of rotatable bonds is 3. The van der Waals surface area contributed by atoms with Crippen LogP contribution in [0.15, 0.2) is 48.5 Å². The lowest BCUT2D eigenvalue weighted by Gasteiger charge is -2.36. The van der Waals surface area contributed by atoms with Crippen molar-refractivity contribution in [3.05, 3.63) is 59.7 Å². The number of hydrogen-bond acceptors (Lipinski definition) is 3. The van der Waals surface area contributed by atoms with Crippen LogP contribution in [0.5, 0.6) is 5.75 Å². The minimum absolute atomic E-state index is 0.137. The molecular formula is C23H27N3O3. The Bertz CT molecular complexity index is 884. The average molecular weight is 393 g/mol. The van der Waals surface area contributed by atoms with E-state index < -0.39 is 0 Å². The third-order valence-corrected chi connectivity index (χ3v) is 5.82. The molecule has 0 bridgehead atoms. The van der Waals surface area contributed by atoms with Gasteiger partial charge in [-0.15, -0.1) is 0 Å². The van der Waals surface area contributed by atoms with E-state index in [-0.39, 0.29) is 17.9 Å². The smallest absolute Gasteiger partial charge is 0.321 e. The van der Waals surface area contributed by atoms with Gasteiger partial charge in [0.2, 0.25) is 5.91 Å². The molecule has 2 heterocycles. The van der Waals surface area contributed by atoms with Crippen LogP contribution in [0.1, 0.15) is 24.0 Å². The summed E-state index contributed by atoms with van der Waals surface area (Å²) in [5, 5.41) is 2.92. The summed E-state index contributed by atoms with van der Waals surface area (Å²) in [6, 6.07) is 15.4. The zero-order valence-electron chi connectivity index (χ0n) is 16.8. The summed E-state index contributed by atoms with van der Waals surface area (Å²) in [6.07, 6.45) is 2.53. The second kappa shape index (κ2) is 8.55. The molecule has 2 aliphatic heterocycles. The molecule has 0 radical (unpaired) electrons. The fourth-order valence-corrected chi connectivity index (χ4v) is 4.19. The first kappa shape index (κ1) is 19.3. The number of carbonyl (C=O) groups excluding carboxylic acids is 2. The molecule has 4 rings (SSSR count). The predicted octanol–water partition coefficient (Wildman–Crippen LogP) is 3.52. The Kier molecular flexibility index (Phi) is 5.69. The van der Waals surface area contributed by atoms with E-state index in [1.165, 1.54) is 5.56 Å². The molecule has 1 unspecified atom stereocenters. The van der Waals surface area contributed by atoms with Crippen molar-refractivity contribution in [2.45, 2.75) is 25.8 Å². The number of benzene rings is 2. The Morgan fingerprint density at radius 3 is 2.66 bits per heavy atom. The van der Waals surface area contributed by atoms with E-state index in [2.05, 4.69) is 11.4 Å². The number of carbonyl (C=O) groups is 2. The molecule has 0 saturated carbocycles. The summed E-state index contributed by atoms with van der Waals surface area (Å²) in [5.41, 5.74) is 3.20. The molecule has 1 atom stereocenters. The van der Waals surface area contributed by atoms with Crippen molar-refractivity contribution in [3.63, 3.8) is 0 Å². The first-order valence-corrected chi connectivity index (χ1v) is 10.2. The SMILES string of the molecule is COc1ccc2c(c1)CN(C(=O)C1CCCN(C(=O)Nc3ccccc3)C1)CC2. The van der Waals surface area contributed by atoms with Crippen molar-refractivity contribution in [3.8, 4) is 5.75 Å².